The maximum Gasteiger partial charge on any atom is 0.407 e. The molecular formula is C23H38N2O8. The molecule has 0 aliphatic carbocycles. The molecule has 10 nitrogen and oxygen atoms in total. The van der Waals surface area contributed by atoms with Gasteiger partial charge in [0.1, 0.15) is 25.4 Å². The van der Waals surface area contributed by atoms with E-state index in [0.717, 1.165) is 18.6 Å². The van der Waals surface area contributed by atoms with Crippen LogP contribution in [-0.4, -0.2) is 62.6 Å². The third-order valence-electron chi connectivity index (χ3n) is 4.39. The summed E-state index contributed by atoms with van der Waals surface area (Å²) in [5.74, 6) is -0.887. The zero-order valence-corrected chi connectivity index (χ0v) is 20.3. The van der Waals surface area contributed by atoms with Crippen LogP contribution in [0.25, 0.3) is 0 Å². The van der Waals surface area contributed by atoms with Gasteiger partial charge in [0.15, 0.2) is 0 Å². The zero-order chi connectivity index (χ0) is 25.4. The number of hydrogen-bond acceptors (Lipinski definition) is 8. The molecule has 33 heavy (non-hydrogen) atoms. The van der Waals surface area contributed by atoms with E-state index in [-0.39, 0.29) is 24.5 Å². The van der Waals surface area contributed by atoms with Gasteiger partial charge in [-0.2, -0.15) is 0 Å². The smallest absolute Gasteiger partial charge is 0.407 e. The number of carbonyl (C=O) groups excluding carboxylic acids is 4. The zero-order valence-electron chi connectivity index (χ0n) is 20.3. The fourth-order valence-corrected chi connectivity index (χ4v) is 2.88. The van der Waals surface area contributed by atoms with E-state index >= 15 is 0 Å². The first-order valence-electron chi connectivity index (χ1n) is 10.9. The number of amides is 2. The first-order chi connectivity index (χ1) is 15.4. The molecule has 0 rings (SSSR count). The lowest BCUT2D eigenvalue weighted by atomic mass is 9.82. The van der Waals surface area contributed by atoms with Gasteiger partial charge in [0, 0.05) is 25.2 Å². The van der Waals surface area contributed by atoms with E-state index in [1.165, 1.54) is 0 Å². The Labute approximate surface area is 196 Å². The summed E-state index contributed by atoms with van der Waals surface area (Å²) in [6.45, 7) is 16.6. The van der Waals surface area contributed by atoms with Crippen LogP contribution >= 0.6 is 0 Å². The Bertz CT molecular complexity index is 677. The second-order valence-electron chi connectivity index (χ2n) is 8.64. The molecule has 0 radical (unpaired) electrons. The normalized spacial score (nSPS) is 13.5. The summed E-state index contributed by atoms with van der Waals surface area (Å²) in [5.41, 5.74) is -0.207. The van der Waals surface area contributed by atoms with E-state index in [1.54, 1.807) is 13.8 Å². The van der Waals surface area contributed by atoms with E-state index in [1.807, 2.05) is 13.8 Å². The number of rotatable bonds is 15. The molecule has 0 aromatic heterocycles. The Morgan fingerprint density at radius 3 is 1.76 bits per heavy atom. The molecule has 3 atom stereocenters. The summed E-state index contributed by atoms with van der Waals surface area (Å²) in [6, 6.07) is 0. The van der Waals surface area contributed by atoms with Crippen molar-refractivity contribution in [2.75, 3.05) is 26.3 Å². The highest BCUT2D eigenvalue weighted by atomic mass is 16.6. The van der Waals surface area contributed by atoms with Crippen LogP contribution in [0, 0.1) is 11.3 Å². The Hall–Kier alpha value is -3.04. The van der Waals surface area contributed by atoms with Crippen LogP contribution in [0.5, 0.6) is 0 Å². The van der Waals surface area contributed by atoms with Crippen molar-refractivity contribution >= 4 is 24.1 Å². The number of nitrogens with one attached hydrogen (secondary N) is 2. The van der Waals surface area contributed by atoms with Gasteiger partial charge >= 0.3 is 24.1 Å². The number of alkyl carbamates (subject to hydrolysis) is 2. The van der Waals surface area contributed by atoms with E-state index in [4.69, 9.17) is 18.9 Å². The molecule has 0 spiro atoms. The van der Waals surface area contributed by atoms with Gasteiger partial charge in [0.2, 0.25) is 0 Å². The molecule has 0 aliphatic heterocycles. The van der Waals surface area contributed by atoms with Crippen molar-refractivity contribution in [3.63, 3.8) is 0 Å². The maximum absolute atomic E-state index is 11.9. The van der Waals surface area contributed by atoms with E-state index in [2.05, 4.69) is 30.7 Å². The van der Waals surface area contributed by atoms with Gasteiger partial charge in [-0.05, 0) is 38.0 Å². The highest BCUT2D eigenvalue weighted by Crippen LogP contribution is 2.26. The summed E-state index contributed by atoms with van der Waals surface area (Å²) in [7, 11) is 0. The van der Waals surface area contributed by atoms with Gasteiger partial charge in [0.25, 0.3) is 0 Å². The largest absolute Gasteiger partial charge is 0.459 e. The monoisotopic (exact) mass is 470 g/mol. The van der Waals surface area contributed by atoms with Crippen molar-refractivity contribution < 1.29 is 38.1 Å². The van der Waals surface area contributed by atoms with Gasteiger partial charge in [-0.3, -0.25) is 0 Å². The minimum atomic E-state index is -0.588. The van der Waals surface area contributed by atoms with Crippen LogP contribution in [0.3, 0.4) is 0 Å². The van der Waals surface area contributed by atoms with Gasteiger partial charge in [-0.25, -0.2) is 19.2 Å². The predicted octanol–water partition coefficient (Wildman–Crippen LogP) is 3.12. The van der Waals surface area contributed by atoms with E-state index < -0.39 is 36.3 Å². The van der Waals surface area contributed by atoms with Gasteiger partial charge in [-0.1, -0.05) is 33.9 Å². The molecule has 0 saturated heterocycles. The molecule has 0 aliphatic rings. The molecule has 2 amide bonds. The van der Waals surface area contributed by atoms with Crippen molar-refractivity contribution in [1.82, 2.24) is 10.6 Å². The molecule has 0 saturated carbocycles. The molecule has 188 valence electrons. The minimum absolute atomic E-state index is 0.0446. The average Bonchev–Trinajstić information content (AvgIpc) is 2.73. The first-order valence-corrected chi connectivity index (χ1v) is 10.9. The van der Waals surface area contributed by atoms with Crippen molar-refractivity contribution in [2.24, 2.45) is 11.3 Å². The van der Waals surface area contributed by atoms with Gasteiger partial charge in [0.05, 0.1) is 0 Å². The molecule has 0 aromatic carbocycles. The lowest BCUT2D eigenvalue weighted by Crippen LogP contribution is -2.37. The highest BCUT2D eigenvalue weighted by molar-refractivity contribution is 5.81. The molecule has 10 heteroatoms. The third kappa shape index (κ3) is 16.3. The number of ether oxygens (including phenoxy) is 4. The Morgan fingerprint density at radius 1 is 0.848 bits per heavy atom. The van der Waals surface area contributed by atoms with Gasteiger partial charge < -0.3 is 29.6 Å². The van der Waals surface area contributed by atoms with Gasteiger partial charge in [-0.15, -0.1) is 0 Å². The summed E-state index contributed by atoms with van der Waals surface area (Å²) in [5, 5.41) is 5.40. The summed E-state index contributed by atoms with van der Waals surface area (Å²) in [4.78, 5) is 45.8. The fraction of sp³-hybridized carbons (Fsp3) is 0.652. The summed E-state index contributed by atoms with van der Waals surface area (Å²) < 4.78 is 19.9. The lowest BCUT2D eigenvalue weighted by Gasteiger charge is -2.28. The highest BCUT2D eigenvalue weighted by Gasteiger charge is 2.23. The maximum atomic E-state index is 11.9. The minimum Gasteiger partial charge on any atom is -0.459 e. The molecule has 0 bridgehead atoms. The first kappa shape index (κ1) is 30.0. The van der Waals surface area contributed by atoms with Crippen LogP contribution < -0.4 is 10.6 Å². The van der Waals surface area contributed by atoms with Crippen LogP contribution in [0.15, 0.2) is 25.3 Å². The molecule has 2 N–H and O–H groups in total. The van der Waals surface area contributed by atoms with E-state index in [0.29, 0.717) is 19.5 Å². The molecular weight excluding hydrogens is 432 g/mol. The molecule has 0 aromatic rings. The molecule has 0 heterocycles. The summed E-state index contributed by atoms with van der Waals surface area (Å²) >= 11 is 0. The predicted molar refractivity (Wildman–Crippen MR) is 122 cm³/mol. The quantitative estimate of drug-likeness (QED) is 0.212. The van der Waals surface area contributed by atoms with Crippen LogP contribution in [-0.2, 0) is 28.5 Å². The van der Waals surface area contributed by atoms with Crippen LogP contribution in [0.1, 0.15) is 47.5 Å². The average molecular weight is 471 g/mol. The number of esters is 2. The number of carbonyl (C=O) groups is 4. The Kier molecular flexibility index (Phi) is 14.3. The summed E-state index contributed by atoms with van der Waals surface area (Å²) in [6.07, 6.45) is 1.26. The van der Waals surface area contributed by atoms with E-state index in [9.17, 15) is 19.2 Å². The van der Waals surface area contributed by atoms with Crippen molar-refractivity contribution in [3.05, 3.63) is 25.3 Å². The molecule has 3 unspecified atom stereocenters. The topological polar surface area (TPSA) is 129 Å². The molecule has 0 fully saturated rings. The van der Waals surface area contributed by atoms with Crippen molar-refractivity contribution in [3.8, 4) is 0 Å². The fourth-order valence-electron chi connectivity index (χ4n) is 2.88. The van der Waals surface area contributed by atoms with Crippen LogP contribution in [0.4, 0.5) is 9.59 Å². The van der Waals surface area contributed by atoms with Crippen molar-refractivity contribution in [1.29, 1.82) is 0 Å². The van der Waals surface area contributed by atoms with Crippen LogP contribution in [0.2, 0.25) is 0 Å². The Balaban J connectivity index is 4.13. The standard InChI is InChI=1S/C23H38N2O8/c1-8-19(26)30-13-17(4)32-21(28)24-11-10-16(3)12-23(6,7)15-25-22(29)33-18(5)14-31-20(27)9-2/h8-9,16-18H,1-2,10-15H2,3-7H3,(H,24,28)(H,25,29). The Morgan fingerprint density at radius 2 is 1.30 bits per heavy atom. The lowest BCUT2D eigenvalue weighted by molar-refractivity contribution is -0.141. The third-order valence-corrected chi connectivity index (χ3v) is 4.39. The van der Waals surface area contributed by atoms with Crippen molar-refractivity contribution in [2.45, 2.75) is 59.7 Å². The second-order valence-corrected chi connectivity index (χ2v) is 8.64. The second kappa shape index (κ2) is 15.7. The number of hydrogen-bond donors (Lipinski definition) is 2. The SMILES string of the molecule is C=CC(=O)OCC(C)OC(=O)NCCC(C)CC(C)(C)CNC(=O)OC(C)COC(=O)C=C.